The molecule has 0 unspecified atom stereocenters. The summed E-state index contributed by atoms with van der Waals surface area (Å²) in [7, 11) is 1.87. The van der Waals surface area contributed by atoms with Crippen LogP contribution in [-0.2, 0) is 11.8 Å². The molecule has 0 radical (unpaired) electrons. The molecule has 1 atom stereocenters. The zero-order chi connectivity index (χ0) is 16.4. The number of ether oxygens (including phenoxy) is 1. The average Bonchev–Trinajstić information content (AvgIpc) is 2.86. The van der Waals surface area contributed by atoms with Gasteiger partial charge in [0, 0.05) is 7.05 Å². The van der Waals surface area contributed by atoms with Crippen molar-refractivity contribution >= 4 is 27.5 Å². The summed E-state index contributed by atoms with van der Waals surface area (Å²) in [5, 5.41) is 0. The second-order valence-corrected chi connectivity index (χ2v) is 6.08. The Hall–Kier alpha value is -2.47. The van der Waals surface area contributed by atoms with Crippen molar-refractivity contribution in [2.45, 2.75) is 13.0 Å². The van der Waals surface area contributed by atoms with Crippen LogP contribution < -0.4 is 9.54 Å². The molecule has 1 aromatic heterocycles. The molecular formula is C17H15FN2O2S. The van der Waals surface area contributed by atoms with Crippen LogP contribution in [0.5, 0.6) is 5.75 Å². The van der Waals surface area contributed by atoms with E-state index in [2.05, 4.69) is 4.99 Å². The van der Waals surface area contributed by atoms with Crippen LogP contribution in [0.1, 0.15) is 6.92 Å². The number of benzene rings is 2. The highest BCUT2D eigenvalue weighted by Gasteiger charge is 2.14. The maximum Gasteiger partial charge on any atom is 0.289 e. The van der Waals surface area contributed by atoms with Gasteiger partial charge < -0.3 is 9.30 Å². The highest BCUT2D eigenvalue weighted by atomic mass is 32.1. The van der Waals surface area contributed by atoms with Crippen LogP contribution in [0, 0.1) is 5.82 Å². The molecule has 0 aliphatic rings. The Morgan fingerprint density at radius 1 is 1.22 bits per heavy atom. The van der Waals surface area contributed by atoms with Crippen molar-refractivity contribution in [3.05, 3.63) is 59.1 Å². The van der Waals surface area contributed by atoms with Crippen LogP contribution in [0.3, 0.4) is 0 Å². The molecule has 0 fully saturated rings. The number of halogens is 1. The average molecular weight is 330 g/mol. The molecule has 1 amide bonds. The van der Waals surface area contributed by atoms with Gasteiger partial charge >= 0.3 is 0 Å². The van der Waals surface area contributed by atoms with Gasteiger partial charge in [0.1, 0.15) is 11.6 Å². The van der Waals surface area contributed by atoms with Crippen molar-refractivity contribution in [2.75, 3.05) is 0 Å². The Morgan fingerprint density at radius 2 is 1.91 bits per heavy atom. The standard InChI is InChI=1S/C17H15FN2O2S/c1-11(22-13-9-7-12(18)8-10-13)16(21)19-17-20(2)14-5-3-4-6-15(14)23-17/h3-11H,1-2H3/t11-/m1/s1. The van der Waals surface area contributed by atoms with E-state index in [4.69, 9.17) is 4.74 Å². The third-order valence-corrected chi connectivity index (χ3v) is 4.51. The third-order valence-electron chi connectivity index (χ3n) is 3.39. The van der Waals surface area contributed by atoms with Crippen molar-refractivity contribution in [3.63, 3.8) is 0 Å². The van der Waals surface area contributed by atoms with E-state index in [1.165, 1.54) is 35.6 Å². The van der Waals surface area contributed by atoms with Crippen LogP contribution in [0.2, 0.25) is 0 Å². The SMILES string of the molecule is C[C@@H](Oc1ccc(F)cc1)C(=O)N=c1sc2ccccc2n1C. The summed E-state index contributed by atoms with van der Waals surface area (Å²) in [6.45, 7) is 1.63. The molecule has 3 aromatic rings. The highest BCUT2D eigenvalue weighted by molar-refractivity contribution is 7.16. The second-order valence-electron chi connectivity index (χ2n) is 5.08. The largest absolute Gasteiger partial charge is 0.481 e. The number of carbonyl (C=O) groups excluding carboxylic acids is 1. The number of carbonyl (C=O) groups is 1. The van der Waals surface area contributed by atoms with Crippen molar-refractivity contribution in [2.24, 2.45) is 12.0 Å². The summed E-state index contributed by atoms with van der Waals surface area (Å²) < 4.78 is 21.3. The summed E-state index contributed by atoms with van der Waals surface area (Å²) in [5.41, 5.74) is 1.02. The number of thiazole rings is 1. The minimum atomic E-state index is -0.745. The number of hydrogen-bond donors (Lipinski definition) is 0. The zero-order valence-electron chi connectivity index (χ0n) is 12.7. The predicted molar refractivity (Wildman–Crippen MR) is 87.9 cm³/mol. The van der Waals surface area contributed by atoms with Crippen molar-refractivity contribution in [1.29, 1.82) is 0 Å². The van der Waals surface area contributed by atoms with Crippen LogP contribution >= 0.6 is 11.3 Å². The second kappa shape index (κ2) is 6.34. The van der Waals surface area contributed by atoms with E-state index in [9.17, 15) is 9.18 Å². The van der Waals surface area contributed by atoms with E-state index in [1.54, 1.807) is 6.92 Å². The van der Waals surface area contributed by atoms with E-state index < -0.39 is 6.10 Å². The molecule has 1 heterocycles. The Bertz CT molecular complexity index is 912. The molecule has 23 heavy (non-hydrogen) atoms. The summed E-state index contributed by atoms with van der Waals surface area (Å²) in [6.07, 6.45) is -0.745. The molecule has 0 spiro atoms. The Kier molecular flexibility index (Phi) is 4.25. The Balaban J connectivity index is 1.84. The van der Waals surface area contributed by atoms with Gasteiger partial charge in [0.25, 0.3) is 5.91 Å². The van der Waals surface area contributed by atoms with E-state index >= 15 is 0 Å². The zero-order valence-corrected chi connectivity index (χ0v) is 13.5. The van der Waals surface area contributed by atoms with Crippen molar-refractivity contribution in [3.8, 4) is 5.75 Å². The van der Waals surface area contributed by atoms with Gasteiger partial charge in [0.05, 0.1) is 10.2 Å². The van der Waals surface area contributed by atoms with Gasteiger partial charge in [-0.25, -0.2) is 4.39 Å². The van der Waals surface area contributed by atoms with E-state index in [1.807, 2.05) is 35.9 Å². The molecule has 3 rings (SSSR count). The Morgan fingerprint density at radius 3 is 2.61 bits per heavy atom. The quantitative estimate of drug-likeness (QED) is 0.740. The fourth-order valence-corrected chi connectivity index (χ4v) is 3.16. The number of hydrogen-bond acceptors (Lipinski definition) is 3. The summed E-state index contributed by atoms with van der Waals surface area (Å²) >= 11 is 1.45. The number of aromatic nitrogens is 1. The molecule has 0 N–H and O–H groups in total. The molecule has 0 aliphatic carbocycles. The van der Waals surface area contributed by atoms with Gasteiger partial charge in [0.2, 0.25) is 0 Å². The maximum atomic E-state index is 12.9. The van der Waals surface area contributed by atoms with Gasteiger partial charge in [-0.15, -0.1) is 0 Å². The Labute approximate surface area is 136 Å². The third kappa shape index (κ3) is 3.32. The molecule has 0 saturated heterocycles. The maximum absolute atomic E-state index is 12.9. The first-order valence-electron chi connectivity index (χ1n) is 7.10. The number of fused-ring (bicyclic) bond motifs is 1. The summed E-state index contributed by atoms with van der Waals surface area (Å²) in [5.74, 6) is -0.294. The van der Waals surface area contributed by atoms with Crippen LogP contribution in [0.15, 0.2) is 53.5 Å². The number of para-hydroxylation sites is 1. The van der Waals surface area contributed by atoms with Gasteiger partial charge in [-0.2, -0.15) is 4.99 Å². The smallest absolute Gasteiger partial charge is 0.289 e. The monoisotopic (exact) mass is 330 g/mol. The lowest BCUT2D eigenvalue weighted by atomic mass is 10.3. The topological polar surface area (TPSA) is 43.6 Å². The predicted octanol–water partition coefficient (Wildman–Crippen LogP) is 3.27. The minimum absolute atomic E-state index is 0.349. The number of aryl methyl sites for hydroxylation is 1. The normalized spacial score (nSPS) is 13.3. The highest BCUT2D eigenvalue weighted by Crippen LogP contribution is 2.16. The van der Waals surface area contributed by atoms with Crippen LogP contribution in [0.25, 0.3) is 10.2 Å². The molecule has 118 valence electrons. The van der Waals surface area contributed by atoms with E-state index in [-0.39, 0.29) is 11.7 Å². The minimum Gasteiger partial charge on any atom is -0.481 e. The van der Waals surface area contributed by atoms with Gasteiger partial charge in [-0.3, -0.25) is 4.79 Å². The summed E-state index contributed by atoms with van der Waals surface area (Å²) in [4.78, 5) is 17.0. The van der Waals surface area contributed by atoms with Gasteiger partial charge in [-0.1, -0.05) is 23.5 Å². The fourth-order valence-electron chi connectivity index (χ4n) is 2.14. The van der Waals surface area contributed by atoms with E-state index in [0.29, 0.717) is 10.6 Å². The first kappa shape index (κ1) is 15.4. The van der Waals surface area contributed by atoms with Gasteiger partial charge in [0.15, 0.2) is 10.9 Å². The summed E-state index contributed by atoms with van der Waals surface area (Å²) in [6, 6.07) is 13.4. The number of rotatable bonds is 3. The fraction of sp³-hybridized carbons (Fsp3) is 0.176. The first-order chi connectivity index (χ1) is 11.0. The molecule has 4 nitrogen and oxygen atoms in total. The molecule has 6 heteroatoms. The lowest BCUT2D eigenvalue weighted by Crippen LogP contribution is -2.25. The van der Waals surface area contributed by atoms with Crippen LogP contribution in [0.4, 0.5) is 4.39 Å². The molecule has 0 aliphatic heterocycles. The van der Waals surface area contributed by atoms with Crippen LogP contribution in [-0.4, -0.2) is 16.6 Å². The molecule has 0 saturated carbocycles. The molecular weight excluding hydrogens is 315 g/mol. The number of nitrogens with zero attached hydrogens (tertiary/aromatic N) is 2. The van der Waals surface area contributed by atoms with E-state index in [0.717, 1.165) is 10.2 Å². The van der Waals surface area contributed by atoms with Crippen molar-refractivity contribution < 1.29 is 13.9 Å². The number of amides is 1. The lowest BCUT2D eigenvalue weighted by molar-refractivity contribution is -0.124. The van der Waals surface area contributed by atoms with Crippen molar-refractivity contribution in [1.82, 2.24) is 4.57 Å². The van der Waals surface area contributed by atoms with Gasteiger partial charge in [-0.05, 0) is 43.3 Å². The first-order valence-corrected chi connectivity index (χ1v) is 7.91. The lowest BCUT2D eigenvalue weighted by Gasteiger charge is -2.10. The molecule has 2 aromatic carbocycles. The molecule has 0 bridgehead atoms.